The van der Waals surface area contributed by atoms with Crippen molar-refractivity contribution in [3.05, 3.63) is 68.5 Å². The van der Waals surface area contributed by atoms with Crippen LogP contribution < -0.4 is 4.74 Å². The molecule has 2 aromatic rings. The van der Waals surface area contributed by atoms with Crippen molar-refractivity contribution in [1.82, 2.24) is 4.90 Å². The minimum atomic E-state index is -0.269. The van der Waals surface area contributed by atoms with Gasteiger partial charge in [-0.15, -0.1) is 0 Å². The minimum absolute atomic E-state index is 0.169. The van der Waals surface area contributed by atoms with Gasteiger partial charge in [0.05, 0.1) is 21.0 Å². The maximum absolute atomic E-state index is 12.4. The molecular weight excluding hydrogens is 440 g/mol. The summed E-state index contributed by atoms with van der Waals surface area (Å²) in [5.74, 6) is 0.356. The van der Waals surface area contributed by atoms with Crippen LogP contribution in [0.3, 0.4) is 0 Å². The van der Waals surface area contributed by atoms with E-state index in [-0.39, 0.29) is 23.8 Å². The Morgan fingerprint density at radius 3 is 2.64 bits per heavy atom. The number of hydrogen-bond acceptors (Lipinski definition) is 5. The Labute approximate surface area is 176 Å². The van der Waals surface area contributed by atoms with E-state index >= 15 is 0 Å². The van der Waals surface area contributed by atoms with Crippen molar-refractivity contribution < 1.29 is 14.3 Å². The number of rotatable bonds is 5. The van der Waals surface area contributed by atoms with Gasteiger partial charge in [0.15, 0.2) is 0 Å². The molecule has 0 aliphatic carbocycles. The quantitative estimate of drug-likeness (QED) is 0.567. The molecule has 0 bridgehead atoms. The summed E-state index contributed by atoms with van der Waals surface area (Å²) < 4.78 is 6.54. The summed E-state index contributed by atoms with van der Waals surface area (Å²) in [6.07, 6.45) is 1.70. The first-order chi connectivity index (χ1) is 13.4. The van der Waals surface area contributed by atoms with Crippen LogP contribution in [0.4, 0.5) is 4.79 Å². The fourth-order valence-electron chi connectivity index (χ4n) is 2.71. The van der Waals surface area contributed by atoms with Crippen molar-refractivity contribution in [2.75, 3.05) is 0 Å². The topological polar surface area (TPSA) is 70.4 Å². The highest BCUT2D eigenvalue weighted by atomic mass is 79.9. The van der Waals surface area contributed by atoms with Crippen LogP contribution in [0.15, 0.2) is 51.8 Å². The van der Waals surface area contributed by atoms with Gasteiger partial charge in [-0.1, -0.05) is 24.3 Å². The number of carbonyl (C=O) groups excluding carboxylic acids is 2. The Bertz CT molecular complexity index is 1010. The lowest BCUT2D eigenvalue weighted by Crippen LogP contribution is -2.34. The third-order valence-corrected chi connectivity index (χ3v) is 5.62. The Hall–Kier alpha value is -2.56. The van der Waals surface area contributed by atoms with E-state index in [1.807, 2.05) is 44.2 Å². The molecule has 0 unspecified atom stereocenters. The number of halogens is 1. The molecule has 0 radical (unpaired) electrons. The standard InChI is InChI=1S/C21H17BrN2O3S/c1-13(2)24-20(25)19(28-21(24)26)10-14-7-8-18(17(22)9-14)27-12-16-6-4-3-5-15(16)11-23/h3-10,13H,12H2,1-2H3. The fourth-order valence-corrected chi connectivity index (χ4v) is 4.18. The first-order valence-corrected chi connectivity index (χ1v) is 10.2. The molecule has 142 valence electrons. The van der Waals surface area contributed by atoms with Gasteiger partial charge in [0.2, 0.25) is 0 Å². The van der Waals surface area contributed by atoms with E-state index in [0.29, 0.717) is 16.2 Å². The Morgan fingerprint density at radius 1 is 1.25 bits per heavy atom. The molecule has 1 heterocycles. The predicted octanol–water partition coefficient (Wildman–Crippen LogP) is 5.34. The molecule has 0 spiro atoms. The SMILES string of the molecule is CC(C)N1C(=O)SC(=Cc2ccc(OCc3ccccc3C#N)c(Br)c2)C1=O. The Balaban J connectivity index is 1.75. The lowest BCUT2D eigenvalue weighted by molar-refractivity contribution is -0.123. The third kappa shape index (κ3) is 4.29. The molecular formula is C21H17BrN2O3S. The van der Waals surface area contributed by atoms with Crippen molar-refractivity contribution in [3.8, 4) is 11.8 Å². The molecule has 28 heavy (non-hydrogen) atoms. The number of nitriles is 1. The maximum atomic E-state index is 12.4. The van der Waals surface area contributed by atoms with Crippen LogP contribution in [-0.4, -0.2) is 22.1 Å². The average Bonchev–Trinajstić information content (AvgIpc) is 2.94. The van der Waals surface area contributed by atoms with Crippen molar-refractivity contribution in [2.45, 2.75) is 26.5 Å². The number of amides is 2. The molecule has 0 aromatic heterocycles. The van der Waals surface area contributed by atoms with Gasteiger partial charge in [-0.05, 0) is 71.4 Å². The van der Waals surface area contributed by atoms with Crippen molar-refractivity contribution in [3.63, 3.8) is 0 Å². The van der Waals surface area contributed by atoms with Gasteiger partial charge in [0.25, 0.3) is 11.1 Å². The second-order valence-electron chi connectivity index (χ2n) is 6.39. The van der Waals surface area contributed by atoms with E-state index in [2.05, 4.69) is 22.0 Å². The van der Waals surface area contributed by atoms with Gasteiger partial charge in [0, 0.05) is 11.6 Å². The zero-order valence-corrected chi connectivity index (χ0v) is 17.7. The molecule has 2 aromatic carbocycles. The maximum Gasteiger partial charge on any atom is 0.293 e. The number of ether oxygens (including phenoxy) is 1. The van der Waals surface area contributed by atoms with E-state index in [0.717, 1.165) is 27.4 Å². The summed E-state index contributed by atoms with van der Waals surface area (Å²) in [6.45, 7) is 3.90. The van der Waals surface area contributed by atoms with E-state index < -0.39 is 0 Å². The summed E-state index contributed by atoms with van der Waals surface area (Å²) in [4.78, 5) is 26.0. The number of hydrogen-bond donors (Lipinski definition) is 0. The molecule has 0 atom stereocenters. The number of carbonyl (C=O) groups is 2. The summed E-state index contributed by atoms with van der Waals surface area (Å²) in [6, 6.07) is 14.7. The number of imide groups is 1. The van der Waals surface area contributed by atoms with Crippen LogP contribution in [-0.2, 0) is 11.4 Å². The van der Waals surface area contributed by atoms with Crippen molar-refractivity contribution >= 4 is 44.9 Å². The molecule has 1 aliphatic rings. The highest BCUT2D eigenvalue weighted by Gasteiger charge is 2.36. The molecule has 2 amide bonds. The van der Waals surface area contributed by atoms with Crippen LogP contribution in [0.5, 0.6) is 5.75 Å². The van der Waals surface area contributed by atoms with Gasteiger partial charge in [0.1, 0.15) is 12.4 Å². The molecule has 5 nitrogen and oxygen atoms in total. The molecule has 1 aliphatic heterocycles. The van der Waals surface area contributed by atoms with Crippen molar-refractivity contribution in [2.24, 2.45) is 0 Å². The van der Waals surface area contributed by atoms with Crippen LogP contribution in [0.25, 0.3) is 6.08 Å². The fraction of sp³-hybridized carbons (Fsp3) is 0.190. The smallest absolute Gasteiger partial charge is 0.293 e. The minimum Gasteiger partial charge on any atom is -0.488 e. The van der Waals surface area contributed by atoms with E-state index in [1.54, 1.807) is 18.2 Å². The lowest BCUT2D eigenvalue weighted by Gasteiger charge is -2.16. The zero-order chi connectivity index (χ0) is 20.3. The first kappa shape index (κ1) is 20.2. The van der Waals surface area contributed by atoms with E-state index in [4.69, 9.17) is 10.00 Å². The molecule has 1 saturated heterocycles. The Morgan fingerprint density at radius 2 is 2.00 bits per heavy atom. The monoisotopic (exact) mass is 456 g/mol. The van der Waals surface area contributed by atoms with E-state index in [9.17, 15) is 9.59 Å². The third-order valence-electron chi connectivity index (χ3n) is 4.11. The van der Waals surface area contributed by atoms with Gasteiger partial charge in [-0.2, -0.15) is 5.26 Å². The molecule has 0 saturated carbocycles. The lowest BCUT2D eigenvalue weighted by atomic mass is 10.1. The Kier molecular flexibility index (Phi) is 6.22. The molecule has 3 rings (SSSR count). The van der Waals surface area contributed by atoms with E-state index in [1.165, 1.54) is 4.90 Å². The second kappa shape index (κ2) is 8.63. The van der Waals surface area contributed by atoms with Gasteiger partial charge in [-0.3, -0.25) is 14.5 Å². The predicted molar refractivity (Wildman–Crippen MR) is 113 cm³/mol. The summed E-state index contributed by atoms with van der Waals surface area (Å²) >= 11 is 4.43. The van der Waals surface area contributed by atoms with Gasteiger partial charge in [-0.25, -0.2) is 0 Å². The normalized spacial score (nSPS) is 15.4. The molecule has 1 fully saturated rings. The highest BCUT2D eigenvalue weighted by molar-refractivity contribution is 9.10. The average molecular weight is 457 g/mol. The molecule has 7 heteroatoms. The zero-order valence-electron chi connectivity index (χ0n) is 15.3. The largest absolute Gasteiger partial charge is 0.488 e. The van der Waals surface area contributed by atoms with Gasteiger partial charge >= 0.3 is 0 Å². The number of nitrogens with zero attached hydrogens (tertiary/aromatic N) is 2. The van der Waals surface area contributed by atoms with Crippen LogP contribution in [0.1, 0.15) is 30.5 Å². The summed E-state index contributed by atoms with van der Waals surface area (Å²) in [5.41, 5.74) is 2.17. The van der Waals surface area contributed by atoms with Crippen LogP contribution >= 0.6 is 27.7 Å². The molecule has 0 N–H and O–H groups in total. The summed E-state index contributed by atoms with van der Waals surface area (Å²) in [7, 11) is 0. The second-order valence-corrected chi connectivity index (χ2v) is 8.24. The van der Waals surface area contributed by atoms with Crippen LogP contribution in [0, 0.1) is 11.3 Å². The number of thioether (sulfide) groups is 1. The first-order valence-electron chi connectivity index (χ1n) is 8.58. The highest BCUT2D eigenvalue weighted by Crippen LogP contribution is 2.35. The van der Waals surface area contributed by atoms with Gasteiger partial charge < -0.3 is 4.74 Å². The van der Waals surface area contributed by atoms with Crippen molar-refractivity contribution in [1.29, 1.82) is 5.26 Å². The number of benzene rings is 2. The summed E-state index contributed by atoms with van der Waals surface area (Å²) in [5, 5.41) is 8.91. The van der Waals surface area contributed by atoms with Crippen LogP contribution in [0.2, 0.25) is 0 Å².